The molecule has 106 valence electrons. The smallest absolute Gasteiger partial charge is 0.339 e. The summed E-state index contributed by atoms with van der Waals surface area (Å²) < 4.78 is 5.28. The molecule has 1 atom stereocenters. The molecule has 1 heterocycles. The Hall–Kier alpha value is -1.78. The van der Waals surface area contributed by atoms with Gasteiger partial charge in [-0.2, -0.15) is 0 Å². The molecular weight excluding hydrogens is 246 g/mol. The van der Waals surface area contributed by atoms with Gasteiger partial charge in [0.15, 0.2) is 0 Å². The number of aromatic carboxylic acids is 1. The minimum absolute atomic E-state index is 0.0490. The maximum Gasteiger partial charge on any atom is 0.339 e. The largest absolute Gasteiger partial charge is 0.478 e. The maximum atomic E-state index is 11.7. The summed E-state index contributed by atoms with van der Waals surface area (Å²) >= 11 is 0. The van der Waals surface area contributed by atoms with Crippen molar-refractivity contribution in [3.8, 4) is 0 Å². The molecule has 0 aromatic carbocycles. The van der Waals surface area contributed by atoms with Crippen molar-refractivity contribution in [2.24, 2.45) is 11.8 Å². The number of carbonyl (C=O) groups excluding carboxylic acids is 1. The fourth-order valence-corrected chi connectivity index (χ4v) is 1.63. The lowest BCUT2D eigenvalue weighted by Crippen LogP contribution is -2.25. The summed E-state index contributed by atoms with van der Waals surface area (Å²) in [6.07, 6.45) is 0.461. The first kappa shape index (κ1) is 15.3. The molecule has 1 amide bonds. The second-order valence-electron chi connectivity index (χ2n) is 5.19. The van der Waals surface area contributed by atoms with E-state index in [0.29, 0.717) is 29.8 Å². The van der Waals surface area contributed by atoms with Crippen LogP contribution in [-0.2, 0) is 11.3 Å². The van der Waals surface area contributed by atoms with Gasteiger partial charge >= 0.3 is 5.97 Å². The van der Waals surface area contributed by atoms with Crippen molar-refractivity contribution in [1.29, 1.82) is 0 Å². The van der Waals surface area contributed by atoms with Crippen molar-refractivity contribution in [2.75, 3.05) is 0 Å². The molecule has 2 N–H and O–H groups in total. The Balaban J connectivity index is 2.51. The third-order valence-corrected chi connectivity index (χ3v) is 3.30. The van der Waals surface area contributed by atoms with Crippen LogP contribution in [0.2, 0.25) is 0 Å². The highest BCUT2D eigenvalue weighted by Crippen LogP contribution is 2.16. The van der Waals surface area contributed by atoms with Gasteiger partial charge in [-0.25, -0.2) is 4.79 Å². The standard InChI is InChI=1S/C14H21NO4/c1-8(2)9(3)5-13(16)15-7-11-6-12(14(17)18)10(4)19-11/h6,8-9H,5,7H2,1-4H3,(H,15,16)(H,17,18). The highest BCUT2D eigenvalue weighted by Gasteiger charge is 2.15. The number of aryl methyl sites for hydroxylation is 1. The second-order valence-corrected chi connectivity index (χ2v) is 5.19. The van der Waals surface area contributed by atoms with E-state index >= 15 is 0 Å². The Morgan fingerprint density at radius 3 is 2.47 bits per heavy atom. The Labute approximate surface area is 113 Å². The van der Waals surface area contributed by atoms with Crippen molar-refractivity contribution < 1.29 is 19.1 Å². The molecule has 5 heteroatoms. The van der Waals surface area contributed by atoms with Crippen LogP contribution in [0.3, 0.4) is 0 Å². The molecule has 0 saturated heterocycles. The third kappa shape index (κ3) is 4.43. The van der Waals surface area contributed by atoms with Crippen LogP contribution < -0.4 is 5.32 Å². The van der Waals surface area contributed by atoms with Crippen molar-refractivity contribution in [3.63, 3.8) is 0 Å². The zero-order valence-electron chi connectivity index (χ0n) is 11.8. The molecule has 0 bridgehead atoms. The molecule has 1 rings (SSSR count). The van der Waals surface area contributed by atoms with E-state index in [9.17, 15) is 9.59 Å². The highest BCUT2D eigenvalue weighted by molar-refractivity contribution is 5.88. The molecule has 0 aliphatic heterocycles. The summed E-state index contributed by atoms with van der Waals surface area (Å²) in [5.41, 5.74) is 0.139. The first-order valence-electron chi connectivity index (χ1n) is 6.40. The van der Waals surface area contributed by atoms with E-state index in [1.165, 1.54) is 6.07 Å². The lowest BCUT2D eigenvalue weighted by molar-refractivity contribution is -0.122. The lowest BCUT2D eigenvalue weighted by Gasteiger charge is -2.14. The third-order valence-electron chi connectivity index (χ3n) is 3.30. The van der Waals surface area contributed by atoms with E-state index < -0.39 is 5.97 Å². The average molecular weight is 267 g/mol. The lowest BCUT2D eigenvalue weighted by atomic mass is 9.94. The molecule has 0 aliphatic carbocycles. The van der Waals surface area contributed by atoms with Crippen molar-refractivity contribution in [3.05, 3.63) is 23.2 Å². The SMILES string of the molecule is Cc1oc(CNC(=O)CC(C)C(C)C)cc1C(=O)O. The molecule has 1 aromatic rings. The van der Waals surface area contributed by atoms with Gasteiger partial charge in [0.2, 0.25) is 5.91 Å². The van der Waals surface area contributed by atoms with Gasteiger partial charge < -0.3 is 14.8 Å². The monoisotopic (exact) mass is 267 g/mol. The van der Waals surface area contributed by atoms with E-state index in [2.05, 4.69) is 19.2 Å². The summed E-state index contributed by atoms with van der Waals surface area (Å²) in [7, 11) is 0. The number of carbonyl (C=O) groups is 2. The fraction of sp³-hybridized carbons (Fsp3) is 0.571. The quantitative estimate of drug-likeness (QED) is 0.830. The second kappa shape index (κ2) is 6.41. The summed E-state index contributed by atoms with van der Waals surface area (Å²) in [6, 6.07) is 1.45. The zero-order chi connectivity index (χ0) is 14.6. The molecule has 0 saturated carbocycles. The zero-order valence-corrected chi connectivity index (χ0v) is 11.8. The van der Waals surface area contributed by atoms with Crippen LogP contribution in [0.1, 0.15) is 49.1 Å². The Morgan fingerprint density at radius 2 is 2.00 bits per heavy atom. The van der Waals surface area contributed by atoms with Crippen molar-refractivity contribution >= 4 is 11.9 Å². The normalized spacial score (nSPS) is 12.5. The molecule has 0 spiro atoms. The summed E-state index contributed by atoms with van der Waals surface area (Å²) in [6.45, 7) is 8.00. The number of furan rings is 1. The van der Waals surface area contributed by atoms with E-state index in [4.69, 9.17) is 9.52 Å². The number of rotatable bonds is 6. The first-order valence-corrected chi connectivity index (χ1v) is 6.40. The summed E-state index contributed by atoms with van der Waals surface area (Å²) in [4.78, 5) is 22.5. The van der Waals surface area contributed by atoms with Crippen LogP contribution in [0, 0.1) is 18.8 Å². The van der Waals surface area contributed by atoms with E-state index in [1.807, 2.05) is 6.92 Å². The Kier molecular flexibility index (Phi) is 5.15. The number of hydrogen-bond donors (Lipinski definition) is 2. The van der Waals surface area contributed by atoms with Gasteiger partial charge in [0, 0.05) is 6.42 Å². The predicted molar refractivity (Wildman–Crippen MR) is 70.9 cm³/mol. The minimum Gasteiger partial charge on any atom is -0.478 e. The van der Waals surface area contributed by atoms with E-state index in [-0.39, 0.29) is 18.0 Å². The topological polar surface area (TPSA) is 79.5 Å². The van der Waals surface area contributed by atoms with Crippen LogP contribution in [0.5, 0.6) is 0 Å². The summed E-state index contributed by atoms with van der Waals surface area (Å²) in [5.74, 6) is 0.510. The van der Waals surface area contributed by atoms with Crippen molar-refractivity contribution in [1.82, 2.24) is 5.32 Å². The number of nitrogens with one attached hydrogen (secondary N) is 1. The minimum atomic E-state index is -1.02. The number of amides is 1. The fourth-order valence-electron chi connectivity index (χ4n) is 1.63. The van der Waals surface area contributed by atoms with Gasteiger partial charge in [-0.05, 0) is 24.8 Å². The van der Waals surface area contributed by atoms with Crippen LogP contribution >= 0.6 is 0 Å². The Morgan fingerprint density at radius 1 is 1.37 bits per heavy atom. The van der Waals surface area contributed by atoms with Crippen LogP contribution in [0.4, 0.5) is 0 Å². The molecule has 0 aliphatic rings. The molecular formula is C14H21NO4. The van der Waals surface area contributed by atoms with Gasteiger partial charge in [0.25, 0.3) is 0 Å². The van der Waals surface area contributed by atoms with Crippen LogP contribution in [0.15, 0.2) is 10.5 Å². The average Bonchev–Trinajstić information content (AvgIpc) is 2.68. The number of carboxylic acid groups (broad SMARTS) is 1. The molecule has 1 aromatic heterocycles. The van der Waals surface area contributed by atoms with Gasteiger partial charge in [-0.1, -0.05) is 20.8 Å². The summed E-state index contributed by atoms with van der Waals surface area (Å²) in [5, 5.41) is 11.6. The molecule has 0 radical (unpaired) electrons. The van der Waals surface area contributed by atoms with E-state index in [1.54, 1.807) is 6.92 Å². The highest BCUT2D eigenvalue weighted by atomic mass is 16.4. The maximum absolute atomic E-state index is 11.7. The number of hydrogen-bond acceptors (Lipinski definition) is 3. The molecule has 0 fully saturated rings. The van der Waals surface area contributed by atoms with Crippen molar-refractivity contribution in [2.45, 2.75) is 40.7 Å². The first-order chi connectivity index (χ1) is 8.81. The van der Waals surface area contributed by atoms with Gasteiger partial charge in [-0.15, -0.1) is 0 Å². The van der Waals surface area contributed by atoms with E-state index in [0.717, 1.165) is 0 Å². The predicted octanol–water partition coefficient (Wildman–Crippen LogP) is 2.58. The molecule has 5 nitrogen and oxygen atoms in total. The van der Waals surface area contributed by atoms with Gasteiger partial charge in [0.1, 0.15) is 17.1 Å². The van der Waals surface area contributed by atoms with Gasteiger partial charge in [0.05, 0.1) is 6.54 Å². The van der Waals surface area contributed by atoms with Gasteiger partial charge in [-0.3, -0.25) is 4.79 Å². The Bertz CT molecular complexity index is 462. The number of carboxylic acids is 1. The molecule has 1 unspecified atom stereocenters. The molecule has 19 heavy (non-hydrogen) atoms. The van der Waals surface area contributed by atoms with Crippen LogP contribution in [0.25, 0.3) is 0 Å². The van der Waals surface area contributed by atoms with Crippen LogP contribution in [-0.4, -0.2) is 17.0 Å².